The molecule has 17 nitrogen and oxygen atoms in total. The average molecular weight is 675 g/mol. The van der Waals surface area contributed by atoms with Crippen molar-refractivity contribution in [2.75, 3.05) is 37.4 Å². The standard InChI is InChI=1S/C25H26N10O7S3/c1-42-32-14(13-10-44-23(26)28-13)17(36)29-15-20(39)34-16(22(40)41)11(8-43-21(15)34)9-45-25-30-24-27-7-12(19(38)35(24)31-25)18(37)33-5-3-2-4-6-33/h7,10,15,21,38H,2-6,8-9H2,1H3,(H2,26,28)(H,29,36)(H,40,41)/t15-,21-/m1/s1. The number of carboxylic acid groups (broad SMARTS) is 1. The van der Waals surface area contributed by atoms with Gasteiger partial charge >= 0.3 is 5.97 Å². The minimum atomic E-state index is -1.29. The number of fused-ring (bicyclic) bond motifs is 2. The minimum absolute atomic E-state index is 0.0192. The van der Waals surface area contributed by atoms with Crippen molar-refractivity contribution in [3.63, 3.8) is 0 Å². The summed E-state index contributed by atoms with van der Waals surface area (Å²) in [7, 11) is 1.26. The van der Waals surface area contributed by atoms with E-state index in [9.17, 15) is 29.4 Å². The van der Waals surface area contributed by atoms with Crippen LogP contribution in [0.3, 0.4) is 0 Å². The molecule has 0 bridgehead atoms. The minimum Gasteiger partial charge on any atom is -0.493 e. The number of likely N-dealkylation sites (tertiary alicyclic amines) is 1. The number of nitrogens with zero attached hydrogens (tertiary/aromatic N) is 8. The van der Waals surface area contributed by atoms with Crippen LogP contribution in [0.5, 0.6) is 5.88 Å². The number of hydrogen-bond acceptors (Lipinski definition) is 15. The second-order valence-electron chi connectivity index (χ2n) is 10.1. The molecule has 0 aliphatic carbocycles. The lowest BCUT2D eigenvalue weighted by Crippen LogP contribution is -2.71. The van der Waals surface area contributed by atoms with E-state index in [0.717, 1.165) is 51.8 Å². The fourth-order valence-electron chi connectivity index (χ4n) is 5.13. The number of aromatic nitrogens is 5. The highest BCUT2D eigenvalue weighted by molar-refractivity contribution is 8.01. The quantitative estimate of drug-likeness (QED) is 0.104. The van der Waals surface area contributed by atoms with E-state index >= 15 is 0 Å². The number of β-lactam (4-membered cyclic amide) rings is 1. The van der Waals surface area contributed by atoms with Crippen molar-refractivity contribution in [2.24, 2.45) is 5.16 Å². The zero-order valence-corrected chi connectivity index (χ0v) is 26.0. The molecule has 3 aliphatic rings. The van der Waals surface area contributed by atoms with Crippen LogP contribution in [0.25, 0.3) is 5.78 Å². The van der Waals surface area contributed by atoms with Gasteiger partial charge in [-0.25, -0.2) is 14.8 Å². The SMILES string of the molecule is CON=C(C(=O)N[C@@H]1C(=O)N2C(C(=O)O)=C(CSc3nc4ncc(C(=O)N5CCCCC5)c(O)n4n3)CS[C@H]12)c1csc(N)n1. The number of anilines is 1. The van der Waals surface area contributed by atoms with Gasteiger partial charge in [-0.15, -0.1) is 28.2 Å². The van der Waals surface area contributed by atoms with Crippen LogP contribution >= 0.6 is 34.9 Å². The molecule has 0 saturated carbocycles. The number of hydrogen-bond donors (Lipinski definition) is 4. The lowest BCUT2D eigenvalue weighted by molar-refractivity contribution is -0.150. The van der Waals surface area contributed by atoms with Gasteiger partial charge in [0.2, 0.25) is 11.0 Å². The Morgan fingerprint density at radius 3 is 2.71 bits per heavy atom. The van der Waals surface area contributed by atoms with E-state index in [4.69, 9.17) is 10.6 Å². The molecule has 6 rings (SSSR count). The summed E-state index contributed by atoms with van der Waals surface area (Å²) in [5, 5.41) is 32.7. The first-order valence-corrected chi connectivity index (χ1v) is 16.5. The molecule has 6 heterocycles. The van der Waals surface area contributed by atoms with Crippen LogP contribution in [0, 0.1) is 0 Å². The van der Waals surface area contributed by atoms with Crippen molar-refractivity contribution < 1.29 is 34.2 Å². The van der Waals surface area contributed by atoms with Crippen LogP contribution in [0.1, 0.15) is 35.3 Å². The number of amides is 3. The van der Waals surface area contributed by atoms with E-state index < -0.39 is 29.2 Å². The molecule has 0 unspecified atom stereocenters. The highest BCUT2D eigenvalue weighted by Crippen LogP contribution is 2.41. The predicted octanol–water partition coefficient (Wildman–Crippen LogP) is 0.376. The summed E-state index contributed by atoms with van der Waals surface area (Å²) in [6.07, 6.45) is 4.11. The van der Waals surface area contributed by atoms with Crippen molar-refractivity contribution >= 4 is 75.2 Å². The third-order valence-electron chi connectivity index (χ3n) is 7.27. The maximum absolute atomic E-state index is 13.1. The number of nitrogens with two attached hydrogens (primary N) is 1. The first-order chi connectivity index (χ1) is 21.7. The maximum atomic E-state index is 13.1. The molecule has 20 heteroatoms. The monoisotopic (exact) mass is 674 g/mol. The number of piperidine rings is 1. The lowest BCUT2D eigenvalue weighted by Gasteiger charge is -2.49. The summed E-state index contributed by atoms with van der Waals surface area (Å²) < 4.78 is 1.07. The average Bonchev–Trinajstić information content (AvgIpc) is 3.67. The molecule has 3 aromatic heterocycles. The number of aliphatic carboxylic acids is 1. The first kappa shape index (κ1) is 30.6. The Labute approximate surface area is 266 Å². The third kappa shape index (κ3) is 5.75. The number of nitrogens with one attached hydrogen (secondary N) is 1. The number of oxime groups is 1. The van der Waals surface area contributed by atoms with Crippen molar-refractivity contribution in [2.45, 2.75) is 35.8 Å². The second-order valence-corrected chi connectivity index (χ2v) is 13.0. The Morgan fingerprint density at radius 2 is 2.02 bits per heavy atom. The fourth-order valence-corrected chi connectivity index (χ4v) is 7.98. The summed E-state index contributed by atoms with van der Waals surface area (Å²) in [4.78, 5) is 71.4. The number of thioether (sulfide) groups is 2. The number of rotatable bonds is 9. The zero-order chi connectivity index (χ0) is 31.8. The number of aromatic hydroxyl groups is 1. The third-order valence-corrected chi connectivity index (χ3v) is 10.2. The molecule has 3 amide bonds. The van der Waals surface area contributed by atoms with Gasteiger partial charge in [0.15, 0.2) is 10.8 Å². The predicted molar refractivity (Wildman–Crippen MR) is 163 cm³/mol. The van der Waals surface area contributed by atoms with Gasteiger partial charge in [0, 0.05) is 36.2 Å². The molecular formula is C25H26N10O7S3. The Bertz CT molecular complexity index is 1770. The van der Waals surface area contributed by atoms with Crippen LogP contribution in [-0.2, 0) is 19.2 Å². The summed E-state index contributed by atoms with van der Waals surface area (Å²) in [5.41, 5.74) is 5.95. The van der Waals surface area contributed by atoms with Gasteiger partial charge in [-0.05, 0) is 24.8 Å². The molecule has 3 aromatic rings. The van der Waals surface area contributed by atoms with Gasteiger partial charge in [-0.2, -0.15) is 9.50 Å². The largest absolute Gasteiger partial charge is 0.493 e. The molecular weight excluding hydrogens is 649 g/mol. The second kappa shape index (κ2) is 12.5. The van der Waals surface area contributed by atoms with Crippen LogP contribution < -0.4 is 11.1 Å². The van der Waals surface area contributed by atoms with Gasteiger partial charge in [-0.1, -0.05) is 16.9 Å². The summed E-state index contributed by atoms with van der Waals surface area (Å²) in [6.45, 7) is 1.21. The smallest absolute Gasteiger partial charge is 0.352 e. The van der Waals surface area contributed by atoms with Crippen molar-refractivity contribution in [1.82, 2.24) is 39.7 Å². The molecule has 5 N–H and O–H groups in total. The number of carbonyl (C=O) groups excluding carboxylic acids is 3. The Morgan fingerprint density at radius 1 is 1.24 bits per heavy atom. The molecule has 2 fully saturated rings. The molecule has 2 saturated heterocycles. The van der Waals surface area contributed by atoms with Gasteiger partial charge < -0.3 is 31.0 Å². The molecule has 2 atom stereocenters. The zero-order valence-electron chi connectivity index (χ0n) is 23.6. The van der Waals surface area contributed by atoms with E-state index in [-0.39, 0.29) is 62.0 Å². The molecule has 236 valence electrons. The molecule has 45 heavy (non-hydrogen) atoms. The number of nitrogen functional groups attached to an aromatic ring is 1. The van der Waals surface area contributed by atoms with Crippen LogP contribution in [0.15, 0.2) is 33.2 Å². The summed E-state index contributed by atoms with van der Waals surface area (Å²) >= 11 is 3.49. The highest BCUT2D eigenvalue weighted by atomic mass is 32.2. The van der Waals surface area contributed by atoms with Crippen LogP contribution in [0.2, 0.25) is 0 Å². The van der Waals surface area contributed by atoms with Crippen molar-refractivity contribution in [3.8, 4) is 5.88 Å². The first-order valence-electron chi connectivity index (χ1n) is 13.6. The molecule has 0 aromatic carbocycles. The number of carbonyl (C=O) groups is 4. The summed E-state index contributed by atoms with van der Waals surface area (Å²) in [5.74, 6) is -2.88. The lowest BCUT2D eigenvalue weighted by atomic mass is 10.0. The van der Waals surface area contributed by atoms with E-state index in [1.807, 2.05) is 0 Å². The maximum Gasteiger partial charge on any atom is 0.352 e. The number of carboxylic acids is 1. The summed E-state index contributed by atoms with van der Waals surface area (Å²) in [6, 6.07) is -1.000. The molecule has 0 spiro atoms. The van der Waals surface area contributed by atoms with E-state index in [1.165, 1.54) is 30.4 Å². The van der Waals surface area contributed by atoms with E-state index in [0.29, 0.717) is 18.7 Å². The van der Waals surface area contributed by atoms with Crippen LogP contribution in [0.4, 0.5) is 5.13 Å². The van der Waals surface area contributed by atoms with Gasteiger partial charge in [0.25, 0.3) is 23.5 Å². The fraction of sp³-hybridized carbons (Fsp3) is 0.400. The highest BCUT2D eigenvalue weighted by Gasteiger charge is 2.54. The number of thiazole rings is 1. The van der Waals surface area contributed by atoms with Crippen molar-refractivity contribution in [1.29, 1.82) is 0 Å². The van der Waals surface area contributed by atoms with Gasteiger partial charge in [-0.3, -0.25) is 19.3 Å². The van der Waals surface area contributed by atoms with Crippen molar-refractivity contribution in [3.05, 3.63) is 34.1 Å². The van der Waals surface area contributed by atoms with Gasteiger partial charge in [0.05, 0.1) is 0 Å². The van der Waals surface area contributed by atoms with Crippen LogP contribution in [-0.4, -0.2) is 117 Å². The molecule has 0 radical (unpaired) electrons. The topological polar surface area (TPSA) is 231 Å². The normalized spacial score (nSPS) is 20.2. The Balaban J connectivity index is 1.15. The van der Waals surface area contributed by atoms with E-state index in [2.05, 4.69) is 30.5 Å². The Kier molecular flexibility index (Phi) is 8.51. The molecule has 3 aliphatic heterocycles. The van der Waals surface area contributed by atoms with E-state index in [1.54, 1.807) is 4.90 Å². The Hall–Kier alpha value is -4.43. The van der Waals surface area contributed by atoms with Gasteiger partial charge in [0.1, 0.15) is 35.5 Å².